The first kappa shape index (κ1) is 55.2. The summed E-state index contributed by atoms with van der Waals surface area (Å²) in [5, 5.41) is 22.2. The molecule has 388 valence electrons. The van der Waals surface area contributed by atoms with Crippen molar-refractivity contribution in [2.45, 2.75) is 136 Å². The van der Waals surface area contributed by atoms with Crippen LogP contribution in [0.1, 0.15) is 123 Å². The zero-order valence-corrected chi connectivity index (χ0v) is 42.6. The fraction of sp³-hybridized carbons (Fsp3) is 0.500. The largest absolute Gasteiger partial charge is 0.495 e. The van der Waals surface area contributed by atoms with Crippen LogP contribution in [0, 0.1) is 24.2 Å². The second-order valence-electron chi connectivity index (χ2n) is 20.0. The number of allylic oxidation sites excluding steroid dienone is 1. The second-order valence-corrected chi connectivity index (χ2v) is 20.8. The monoisotopic (exact) mass is 1020 g/mol. The number of nitrogens with one attached hydrogen (secondary N) is 4. The molecule has 4 aromatic rings. The minimum Gasteiger partial charge on any atom is -0.495 e. The third-order valence-corrected chi connectivity index (χ3v) is 14.3. The molecule has 6 rings (SSSR count). The molecule has 0 bridgehead atoms. The van der Waals surface area contributed by atoms with Gasteiger partial charge < -0.3 is 36.0 Å². The van der Waals surface area contributed by atoms with Crippen LogP contribution >= 0.6 is 11.3 Å². The number of nitrogens with zero attached hydrogens (tertiary/aromatic N) is 3. The van der Waals surface area contributed by atoms with Crippen molar-refractivity contribution in [2.24, 2.45) is 17.3 Å². The molecule has 5 amide bonds. The van der Waals surface area contributed by atoms with Crippen molar-refractivity contribution in [1.29, 1.82) is 0 Å². The van der Waals surface area contributed by atoms with E-state index in [2.05, 4.69) is 31.2 Å². The summed E-state index contributed by atoms with van der Waals surface area (Å²) in [7, 11) is 1.48. The molecule has 1 unspecified atom stereocenters. The number of aliphatic hydroxyl groups is 1. The van der Waals surface area contributed by atoms with E-state index < -0.39 is 47.5 Å². The zero-order valence-electron chi connectivity index (χ0n) is 41.8. The normalized spacial score (nSPS) is 18.7. The molecule has 2 aromatic carbocycles. The van der Waals surface area contributed by atoms with Gasteiger partial charge in [0, 0.05) is 44.6 Å². The van der Waals surface area contributed by atoms with E-state index in [0.717, 1.165) is 45.7 Å². The minimum atomic E-state index is -4.17. The second kappa shape index (κ2) is 25.5. The third-order valence-electron chi connectivity index (χ3n) is 13.3. The summed E-state index contributed by atoms with van der Waals surface area (Å²) in [6.45, 7) is 8.40. The number of amides is 5. The number of thiazole rings is 1. The number of likely N-dealkylation sites (tertiary alicyclic amines) is 1. The smallest absolute Gasteiger partial charge is 0.391 e. The number of ether oxygens (including phenoxy) is 1. The van der Waals surface area contributed by atoms with Crippen LogP contribution in [0.3, 0.4) is 0 Å². The summed E-state index contributed by atoms with van der Waals surface area (Å²) >= 11 is 1.57. The molecule has 3 heterocycles. The predicted molar refractivity (Wildman–Crippen MR) is 270 cm³/mol. The molecule has 1 aliphatic heterocycles. The molecule has 18 heteroatoms. The van der Waals surface area contributed by atoms with E-state index in [1.165, 1.54) is 18.2 Å². The van der Waals surface area contributed by atoms with Crippen LogP contribution < -0.4 is 26.0 Å². The number of alkyl halides is 3. The SMILES string of the molecule is COc1cnc(C(=O)NCc2cccc(CC(=O)NCCCCCCC(=O)NC(C(=O)N3C[C@H](O)C[C@H]3C(=O)NCc3ccc(-c4scnc4C)cc3)C(C)(C)C)c2)cc1/C=C/[C@H]1CC[C@H](C(F)(F)F)CC1. The van der Waals surface area contributed by atoms with Gasteiger partial charge in [0.1, 0.15) is 23.5 Å². The van der Waals surface area contributed by atoms with Crippen LogP contribution in [0.5, 0.6) is 5.75 Å². The first-order valence-electron chi connectivity index (χ1n) is 24.8. The van der Waals surface area contributed by atoms with E-state index in [9.17, 15) is 42.3 Å². The van der Waals surface area contributed by atoms with E-state index >= 15 is 0 Å². The van der Waals surface area contributed by atoms with Gasteiger partial charge in [0.2, 0.25) is 23.6 Å². The molecule has 2 aromatic heterocycles. The number of methoxy groups -OCH3 is 1. The Morgan fingerprint density at radius 2 is 1.58 bits per heavy atom. The zero-order chi connectivity index (χ0) is 52.0. The molecular weight excluding hydrogens is 948 g/mol. The number of carbonyl (C=O) groups excluding carboxylic acids is 5. The Morgan fingerprint density at radius 1 is 0.875 bits per heavy atom. The average molecular weight is 1020 g/mol. The number of hydrogen-bond acceptors (Lipinski definition) is 10. The Morgan fingerprint density at radius 3 is 2.26 bits per heavy atom. The summed E-state index contributed by atoms with van der Waals surface area (Å²) in [5.74, 6) is -2.45. The topological polar surface area (TPSA) is 192 Å². The van der Waals surface area contributed by atoms with E-state index in [1.807, 2.05) is 82.3 Å². The van der Waals surface area contributed by atoms with Crippen molar-refractivity contribution in [1.82, 2.24) is 36.1 Å². The summed E-state index contributed by atoms with van der Waals surface area (Å²) in [4.78, 5) is 77.6. The van der Waals surface area contributed by atoms with Gasteiger partial charge in [-0.15, -0.1) is 11.3 Å². The number of carbonyl (C=O) groups is 5. The summed E-state index contributed by atoms with van der Waals surface area (Å²) < 4.78 is 44.8. The summed E-state index contributed by atoms with van der Waals surface area (Å²) in [6, 6.07) is 15.0. The van der Waals surface area contributed by atoms with Crippen LogP contribution in [0.2, 0.25) is 0 Å². The van der Waals surface area contributed by atoms with Gasteiger partial charge in [0.05, 0.1) is 47.8 Å². The number of rotatable bonds is 21. The number of unbranched alkanes of at least 4 members (excludes halogenated alkanes) is 3. The fourth-order valence-corrected chi connectivity index (χ4v) is 9.95. The molecule has 1 saturated carbocycles. The lowest BCUT2D eigenvalue weighted by atomic mass is 9.81. The van der Waals surface area contributed by atoms with Gasteiger partial charge in [-0.25, -0.2) is 9.97 Å². The van der Waals surface area contributed by atoms with Gasteiger partial charge in [-0.1, -0.05) is 94.3 Å². The average Bonchev–Trinajstić information content (AvgIpc) is 3.97. The Hall–Kier alpha value is -6.14. The van der Waals surface area contributed by atoms with E-state index in [1.54, 1.807) is 29.0 Å². The Labute approximate surface area is 424 Å². The van der Waals surface area contributed by atoms with Crippen molar-refractivity contribution in [3.05, 3.63) is 106 Å². The number of aromatic nitrogens is 2. The first-order chi connectivity index (χ1) is 34.3. The first-order valence-corrected chi connectivity index (χ1v) is 25.6. The van der Waals surface area contributed by atoms with Crippen LogP contribution in [-0.2, 0) is 38.7 Å². The van der Waals surface area contributed by atoms with E-state index in [0.29, 0.717) is 43.5 Å². The molecule has 3 atom stereocenters. The highest BCUT2D eigenvalue weighted by Gasteiger charge is 2.45. The number of hydrogen-bond donors (Lipinski definition) is 5. The highest BCUT2D eigenvalue weighted by Crippen LogP contribution is 2.40. The Bertz CT molecular complexity index is 2520. The molecule has 1 saturated heterocycles. The Kier molecular flexibility index (Phi) is 19.5. The maximum atomic E-state index is 14.0. The molecule has 14 nitrogen and oxygen atoms in total. The van der Waals surface area contributed by atoms with Crippen LogP contribution in [0.15, 0.2) is 72.4 Å². The van der Waals surface area contributed by atoms with Crippen LogP contribution in [-0.4, -0.2) is 94.1 Å². The standard InChI is InChI=1S/C54H68F3N7O7S/c1-34-48(72-33-62-34)39-19-15-36(16-20-39)29-61-51(69)44-28-42(65)32-64(44)52(70)49(53(2,3)4)63-46(66)13-8-6-7-9-24-58-47(67)26-37-11-10-12-38(25-37)30-60-50(68)43-27-40(45(71-5)31-59-43)21-14-35-17-22-41(23-18-35)54(55,56)57/h10-12,14-16,19-21,25,27,31,33,35,41-42,44,49,65H,6-9,13,17-18,22-24,26,28-30,32H2,1-5H3,(H,58,67)(H,60,68)(H,61,69)(H,63,66)/b21-14+/t35-,41-,42-,44+,49?/m1/s1. The quantitative estimate of drug-likeness (QED) is 0.0512. The van der Waals surface area contributed by atoms with Crippen LogP contribution in [0.25, 0.3) is 16.5 Å². The lowest BCUT2D eigenvalue weighted by Gasteiger charge is -2.35. The van der Waals surface area contributed by atoms with Gasteiger partial charge in [-0.2, -0.15) is 13.2 Å². The number of β-amino-alcohol motifs (C(OH)–C–C–N with tert-alkyl or cyclic N) is 1. The predicted octanol–water partition coefficient (Wildman–Crippen LogP) is 8.25. The fourth-order valence-electron chi connectivity index (χ4n) is 9.14. The van der Waals surface area contributed by atoms with Gasteiger partial charge in [-0.05, 0) is 85.1 Å². The molecule has 5 N–H and O–H groups in total. The van der Waals surface area contributed by atoms with Gasteiger partial charge >= 0.3 is 6.18 Å². The molecule has 0 spiro atoms. The number of benzene rings is 2. The van der Waals surface area contributed by atoms with E-state index in [4.69, 9.17) is 4.74 Å². The van der Waals surface area contributed by atoms with Crippen molar-refractivity contribution in [3.63, 3.8) is 0 Å². The number of aryl methyl sites for hydroxylation is 1. The van der Waals surface area contributed by atoms with Crippen molar-refractivity contribution in [3.8, 4) is 16.2 Å². The minimum absolute atomic E-state index is 0.000672. The molecule has 1 aliphatic carbocycles. The van der Waals surface area contributed by atoms with Crippen LogP contribution in [0.4, 0.5) is 13.2 Å². The maximum Gasteiger partial charge on any atom is 0.391 e. The third kappa shape index (κ3) is 15.9. The maximum absolute atomic E-state index is 14.0. The molecule has 72 heavy (non-hydrogen) atoms. The van der Waals surface area contributed by atoms with E-state index in [-0.39, 0.29) is 81.1 Å². The highest BCUT2D eigenvalue weighted by atomic mass is 32.1. The van der Waals surface area contributed by atoms with Gasteiger partial charge in [-0.3, -0.25) is 24.0 Å². The molecule has 0 radical (unpaired) electrons. The van der Waals surface area contributed by atoms with Crippen molar-refractivity contribution >= 4 is 46.9 Å². The summed E-state index contributed by atoms with van der Waals surface area (Å²) in [6.07, 6.45) is 4.37. The van der Waals surface area contributed by atoms with Gasteiger partial charge in [0.25, 0.3) is 5.91 Å². The molecule has 2 aliphatic rings. The lowest BCUT2D eigenvalue weighted by molar-refractivity contribution is -0.183. The lowest BCUT2D eigenvalue weighted by Crippen LogP contribution is -2.57. The summed E-state index contributed by atoms with van der Waals surface area (Å²) in [5.41, 5.74) is 6.34. The number of halogens is 3. The molecular formula is C54H68F3N7O7S. The highest BCUT2D eigenvalue weighted by molar-refractivity contribution is 7.13. The number of aliphatic hydroxyl groups excluding tert-OH is 1. The van der Waals surface area contributed by atoms with Gasteiger partial charge in [0.15, 0.2) is 0 Å². The Balaban J connectivity index is 0.876. The van der Waals surface area contributed by atoms with Crippen molar-refractivity contribution < 1.29 is 47.0 Å². The number of pyridine rings is 1. The van der Waals surface area contributed by atoms with Crippen molar-refractivity contribution in [2.75, 3.05) is 20.2 Å². The molecule has 2 fully saturated rings.